The normalized spacial score (nSPS) is 16.3. The summed E-state index contributed by atoms with van der Waals surface area (Å²) in [5, 5.41) is 13.1. The predicted molar refractivity (Wildman–Crippen MR) is 91.5 cm³/mol. The Bertz CT molecular complexity index is 730. The van der Waals surface area contributed by atoms with E-state index in [0.29, 0.717) is 23.9 Å². The molecule has 1 heterocycles. The van der Waals surface area contributed by atoms with Gasteiger partial charge in [-0.05, 0) is 38.8 Å². The Labute approximate surface area is 142 Å². The van der Waals surface area contributed by atoms with Crippen LogP contribution in [0.4, 0.5) is 0 Å². The van der Waals surface area contributed by atoms with E-state index in [1.165, 1.54) is 0 Å². The van der Waals surface area contributed by atoms with Crippen molar-refractivity contribution in [3.05, 3.63) is 41.3 Å². The van der Waals surface area contributed by atoms with Gasteiger partial charge in [-0.1, -0.05) is 30.5 Å². The van der Waals surface area contributed by atoms with Gasteiger partial charge in [-0.25, -0.2) is 4.98 Å². The van der Waals surface area contributed by atoms with Gasteiger partial charge in [0.1, 0.15) is 5.76 Å². The van der Waals surface area contributed by atoms with Crippen molar-refractivity contribution in [1.82, 2.24) is 10.3 Å². The zero-order valence-electron chi connectivity index (χ0n) is 14.3. The monoisotopic (exact) mass is 328 g/mol. The molecule has 1 aromatic carbocycles. The van der Waals surface area contributed by atoms with E-state index in [4.69, 9.17) is 4.42 Å². The molecule has 3 rings (SSSR count). The van der Waals surface area contributed by atoms with Crippen LogP contribution in [0.5, 0.6) is 0 Å². The molecule has 1 amide bonds. The summed E-state index contributed by atoms with van der Waals surface area (Å²) in [7, 11) is 0. The molecule has 0 spiro atoms. The first-order valence-corrected chi connectivity index (χ1v) is 8.48. The summed E-state index contributed by atoms with van der Waals surface area (Å²) in [5.41, 5.74) is 1.95. The van der Waals surface area contributed by atoms with Crippen molar-refractivity contribution in [3.63, 3.8) is 0 Å². The standard InChI is InChI=1S/C19H24N2O3/c1-13-6-5-7-15(10-13)18-21-16(14(2)24-18)11-17(22)20-12-19(23)8-3-4-9-19/h5-7,10,23H,3-4,8-9,11-12H2,1-2H3,(H,20,22). The number of benzene rings is 1. The predicted octanol–water partition coefficient (Wildman–Crippen LogP) is 2.92. The zero-order valence-corrected chi connectivity index (χ0v) is 14.3. The molecule has 1 aromatic heterocycles. The first-order valence-electron chi connectivity index (χ1n) is 8.48. The number of carbonyl (C=O) groups is 1. The van der Waals surface area contributed by atoms with E-state index in [1.54, 1.807) is 0 Å². The highest BCUT2D eigenvalue weighted by molar-refractivity contribution is 5.78. The summed E-state index contributed by atoms with van der Waals surface area (Å²) in [6.07, 6.45) is 3.72. The largest absolute Gasteiger partial charge is 0.441 e. The third-order valence-corrected chi connectivity index (χ3v) is 4.63. The lowest BCUT2D eigenvalue weighted by Crippen LogP contribution is -2.41. The quantitative estimate of drug-likeness (QED) is 0.885. The summed E-state index contributed by atoms with van der Waals surface area (Å²) in [6.45, 7) is 4.15. The summed E-state index contributed by atoms with van der Waals surface area (Å²) in [4.78, 5) is 16.6. The van der Waals surface area contributed by atoms with Crippen molar-refractivity contribution in [2.45, 2.75) is 51.6 Å². The summed E-state index contributed by atoms with van der Waals surface area (Å²) < 4.78 is 5.71. The minimum absolute atomic E-state index is 0.137. The van der Waals surface area contributed by atoms with Gasteiger partial charge in [0.05, 0.1) is 17.7 Å². The molecule has 2 aromatic rings. The van der Waals surface area contributed by atoms with Gasteiger partial charge in [-0.3, -0.25) is 4.79 Å². The molecule has 2 N–H and O–H groups in total. The number of nitrogens with one attached hydrogen (secondary N) is 1. The minimum Gasteiger partial charge on any atom is -0.441 e. The fourth-order valence-electron chi connectivity index (χ4n) is 3.18. The van der Waals surface area contributed by atoms with E-state index < -0.39 is 5.60 Å². The number of amides is 1. The topological polar surface area (TPSA) is 75.4 Å². The van der Waals surface area contributed by atoms with Crippen LogP contribution in [0.15, 0.2) is 28.7 Å². The van der Waals surface area contributed by atoms with Gasteiger partial charge < -0.3 is 14.8 Å². The number of aryl methyl sites for hydroxylation is 2. The van der Waals surface area contributed by atoms with Gasteiger partial charge in [-0.15, -0.1) is 0 Å². The van der Waals surface area contributed by atoms with Crippen LogP contribution in [0, 0.1) is 13.8 Å². The fourth-order valence-corrected chi connectivity index (χ4v) is 3.18. The van der Waals surface area contributed by atoms with Crippen LogP contribution in [0.25, 0.3) is 11.5 Å². The highest BCUT2D eigenvalue weighted by Crippen LogP contribution is 2.28. The van der Waals surface area contributed by atoms with E-state index in [-0.39, 0.29) is 12.3 Å². The van der Waals surface area contributed by atoms with Crippen LogP contribution in [-0.2, 0) is 11.2 Å². The van der Waals surface area contributed by atoms with Gasteiger partial charge in [0.2, 0.25) is 11.8 Å². The Balaban J connectivity index is 1.64. The molecular formula is C19H24N2O3. The summed E-state index contributed by atoms with van der Waals surface area (Å²) >= 11 is 0. The lowest BCUT2D eigenvalue weighted by molar-refractivity contribution is -0.121. The number of hydrogen-bond acceptors (Lipinski definition) is 4. The molecule has 0 bridgehead atoms. The highest BCUT2D eigenvalue weighted by atomic mass is 16.4. The molecule has 24 heavy (non-hydrogen) atoms. The third-order valence-electron chi connectivity index (χ3n) is 4.63. The molecule has 1 aliphatic rings. The minimum atomic E-state index is -0.735. The van der Waals surface area contributed by atoms with Crippen LogP contribution >= 0.6 is 0 Å². The van der Waals surface area contributed by atoms with Crippen LogP contribution in [0.2, 0.25) is 0 Å². The molecule has 0 radical (unpaired) electrons. The second kappa shape index (κ2) is 6.77. The van der Waals surface area contributed by atoms with E-state index in [1.807, 2.05) is 38.1 Å². The number of hydrogen-bond donors (Lipinski definition) is 2. The number of carbonyl (C=O) groups excluding carboxylic acids is 1. The highest BCUT2D eigenvalue weighted by Gasteiger charge is 2.31. The van der Waals surface area contributed by atoms with E-state index >= 15 is 0 Å². The van der Waals surface area contributed by atoms with Crippen LogP contribution in [-0.4, -0.2) is 28.1 Å². The van der Waals surface area contributed by atoms with Gasteiger partial charge in [-0.2, -0.15) is 0 Å². The van der Waals surface area contributed by atoms with Crippen LogP contribution in [0.3, 0.4) is 0 Å². The Morgan fingerprint density at radius 3 is 2.79 bits per heavy atom. The molecule has 0 aliphatic heterocycles. The Hall–Kier alpha value is -2.14. The van der Waals surface area contributed by atoms with Gasteiger partial charge in [0.25, 0.3) is 0 Å². The van der Waals surface area contributed by atoms with Gasteiger partial charge >= 0.3 is 0 Å². The average molecular weight is 328 g/mol. The molecule has 128 valence electrons. The smallest absolute Gasteiger partial charge is 0.226 e. The lowest BCUT2D eigenvalue weighted by Gasteiger charge is -2.22. The summed E-state index contributed by atoms with van der Waals surface area (Å²) in [6, 6.07) is 7.92. The number of aliphatic hydroxyl groups is 1. The number of rotatable bonds is 5. The van der Waals surface area contributed by atoms with Crippen molar-refractivity contribution >= 4 is 5.91 Å². The molecule has 1 aliphatic carbocycles. The molecule has 0 unspecified atom stereocenters. The second-order valence-corrected chi connectivity index (χ2v) is 6.78. The van der Waals surface area contributed by atoms with Gasteiger partial charge in [0, 0.05) is 12.1 Å². The van der Waals surface area contributed by atoms with Crippen molar-refractivity contribution in [2.24, 2.45) is 0 Å². The Kier molecular flexibility index (Phi) is 4.71. The molecule has 1 saturated carbocycles. The molecule has 1 fully saturated rings. The van der Waals surface area contributed by atoms with Gasteiger partial charge in [0.15, 0.2) is 0 Å². The fraction of sp³-hybridized carbons (Fsp3) is 0.474. The Morgan fingerprint density at radius 2 is 2.08 bits per heavy atom. The van der Waals surface area contributed by atoms with Crippen LogP contribution in [0.1, 0.15) is 42.7 Å². The summed E-state index contributed by atoms with van der Waals surface area (Å²) in [5.74, 6) is 1.05. The molecule has 5 heteroatoms. The number of oxazole rings is 1. The maximum absolute atomic E-state index is 12.2. The molecular weight excluding hydrogens is 304 g/mol. The van der Waals surface area contributed by atoms with Crippen molar-refractivity contribution in [1.29, 1.82) is 0 Å². The second-order valence-electron chi connectivity index (χ2n) is 6.78. The van der Waals surface area contributed by atoms with E-state index in [0.717, 1.165) is 36.8 Å². The molecule has 5 nitrogen and oxygen atoms in total. The van der Waals surface area contributed by atoms with Crippen LogP contribution < -0.4 is 5.32 Å². The SMILES string of the molecule is Cc1cccc(-c2nc(CC(=O)NCC3(O)CCCC3)c(C)o2)c1. The van der Waals surface area contributed by atoms with Crippen molar-refractivity contribution in [3.8, 4) is 11.5 Å². The number of aromatic nitrogens is 1. The maximum Gasteiger partial charge on any atom is 0.226 e. The van der Waals surface area contributed by atoms with Crippen molar-refractivity contribution in [2.75, 3.05) is 6.54 Å². The van der Waals surface area contributed by atoms with Crippen molar-refractivity contribution < 1.29 is 14.3 Å². The lowest BCUT2D eigenvalue weighted by atomic mass is 10.0. The Morgan fingerprint density at radius 1 is 1.33 bits per heavy atom. The first kappa shape index (κ1) is 16.7. The molecule has 0 atom stereocenters. The average Bonchev–Trinajstić information content (AvgIpc) is 3.13. The van der Waals surface area contributed by atoms with E-state index in [2.05, 4.69) is 10.3 Å². The number of nitrogens with zero attached hydrogens (tertiary/aromatic N) is 1. The third kappa shape index (κ3) is 3.85. The van der Waals surface area contributed by atoms with E-state index in [9.17, 15) is 9.90 Å². The molecule has 0 saturated heterocycles. The first-order chi connectivity index (χ1) is 11.5. The maximum atomic E-state index is 12.2. The zero-order chi connectivity index (χ0) is 17.2.